The van der Waals surface area contributed by atoms with Gasteiger partial charge in [0.15, 0.2) is 0 Å². The molecule has 0 saturated heterocycles. The molecule has 0 spiro atoms. The quantitative estimate of drug-likeness (QED) is 0.544. The number of rotatable bonds is 6. The van der Waals surface area contributed by atoms with E-state index < -0.39 is 28.7 Å². The van der Waals surface area contributed by atoms with Crippen molar-refractivity contribution < 1.29 is 19.5 Å². The average molecular weight is 302 g/mol. The number of carbonyl (C=O) groups is 3. The van der Waals surface area contributed by atoms with Crippen LogP contribution < -0.4 is 10.6 Å². The fraction of sp³-hybridized carbons (Fsp3) is 0.769. The summed E-state index contributed by atoms with van der Waals surface area (Å²) in [6.07, 6.45) is 3.02. The van der Waals surface area contributed by atoms with E-state index in [1.54, 1.807) is 13.8 Å². The zero-order valence-electron chi connectivity index (χ0n) is 11.8. The predicted octanol–water partition coefficient (Wildman–Crippen LogP) is 0.713. The smallest absolute Gasteiger partial charge is 0.326 e. The second-order valence-corrected chi connectivity index (χ2v) is 6.00. The van der Waals surface area contributed by atoms with Gasteiger partial charge in [0.05, 0.1) is 5.25 Å². The van der Waals surface area contributed by atoms with Gasteiger partial charge in [-0.1, -0.05) is 19.8 Å². The number of aliphatic carboxylic acids is 1. The molecule has 3 N–H and O–H groups in total. The molecule has 0 aliphatic heterocycles. The first-order valence-corrected chi connectivity index (χ1v) is 7.38. The lowest BCUT2D eigenvalue weighted by Crippen LogP contribution is -2.60. The number of carboxylic acids is 1. The summed E-state index contributed by atoms with van der Waals surface area (Å²) in [5.41, 5.74) is -0.989. The molecule has 0 bridgehead atoms. The number of hydrogen-bond donors (Lipinski definition) is 4. The van der Waals surface area contributed by atoms with Crippen molar-refractivity contribution in [2.24, 2.45) is 0 Å². The van der Waals surface area contributed by atoms with Crippen molar-refractivity contribution in [3.63, 3.8) is 0 Å². The third-order valence-corrected chi connectivity index (χ3v) is 3.88. The van der Waals surface area contributed by atoms with Crippen LogP contribution in [0.1, 0.15) is 46.0 Å². The Morgan fingerprint density at radius 3 is 2.25 bits per heavy atom. The average Bonchev–Trinajstić information content (AvgIpc) is 2.84. The van der Waals surface area contributed by atoms with Crippen LogP contribution in [0.15, 0.2) is 0 Å². The molecule has 6 nitrogen and oxygen atoms in total. The molecule has 1 aliphatic rings. The number of nitrogens with one attached hydrogen (secondary N) is 2. The Balaban J connectivity index is 2.82. The minimum absolute atomic E-state index is 0.300. The predicted molar refractivity (Wildman–Crippen MR) is 77.6 cm³/mol. The number of carbonyl (C=O) groups excluding carboxylic acids is 2. The van der Waals surface area contributed by atoms with Gasteiger partial charge in [0, 0.05) is 0 Å². The van der Waals surface area contributed by atoms with Crippen LogP contribution in [0.3, 0.4) is 0 Å². The summed E-state index contributed by atoms with van der Waals surface area (Å²) >= 11 is 4.05. The van der Waals surface area contributed by atoms with E-state index in [1.165, 1.54) is 0 Å². The lowest BCUT2D eigenvalue weighted by atomic mass is 9.95. The van der Waals surface area contributed by atoms with Gasteiger partial charge in [-0.25, -0.2) is 4.79 Å². The van der Waals surface area contributed by atoms with Gasteiger partial charge in [-0.3, -0.25) is 9.59 Å². The number of amides is 2. The SMILES string of the molecule is CC[C@H](NC(=O)C1(NC(=O)[C@@H](C)S)CCCC1)C(=O)O. The van der Waals surface area contributed by atoms with Crippen molar-refractivity contribution in [2.45, 2.75) is 62.8 Å². The van der Waals surface area contributed by atoms with Gasteiger partial charge < -0.3 is 15.7 Å². The van der Waals surface area contributed by atoms with Crippen molar-refractivity contribution in [2.75, 3.05) is 0 Å². The Bertz CT molecular complexity index is 392. The van der Waals surface area contributed by atoms with Gasteiger partial charge in [0.25, 0.3) is 0 Å². The summed E-state index contributed by atoms with van der Waals surface area (Å²) in [6.45, 7) is 3.32. The molecular formula is C13H22N2O4S. The molecule has 1 saturated carbocycles. The van der Waals surface area contributed by atoms with Crippen molar-refractivity contribution in [3.05, 3.63) is 0 Å². The molecule has 7 heteroatoms. The Labute approximate surface area is 124 Å². The van der Waals surface area contributed by atoms with E-state index >= 15 is 0 Å². The second-order valence-electron chi connectivity index (χ2n) is 5.23. The van der Waals surface area contributed by atoms with Crippen LogP contribution in [0.4, 0.5) is 0 Å². The molecule has 114 valence electrons. The summed E-state index contributed by atoms with van der Waals surface area (Å²) in [6, 6.07) is -0.926. The summed E-state index contributed by atoms with van der Waals surface area (Å²) < 4.78 is 0. The van der Waals surface area contributed by atoms with Gasteiger partial charge in [-0.2, -0.15) is 12.6 Å². The van der Waals surface area contributed by atoms with Crippen molar-refractivity contribution in [1.82, 2.24) is 10.6 Å². The standard InChI is InChI=1S/C13H22N2O4S/c1-3-9(11(17)18)14-12(19)13(6-4-5-7-13)15-10(16)8(2)20/h8-9,20H,3-7H2,1-2H3,(H,14,19)(H,15,16)(H,17,18)/t8-,9+/m1/s1. The minimum atomic E-state index is -1.07. The molecule has 2 amide bonds. The number of carboxylic acid groups (broad SMARTS) is 1. The third kappa shape index (κ3) is 3.88. The molecule has 20 heavy (non-hydrogen) atoms. The Morgan fingerprint density at radius 2 is 1.85 bits per heavy atom. The van der Waals surface area contributed by atoms with Crippen LogP contribution in [0.25, 0.3) is 0 Å². The third-order valence-electron chi connectivity index (χ3n) is 3.65. The summed E-state index contributed by atoms with van der Waals surface area (Å²) in [4.78, 5) is 35.2. The lowest BCUT2D eigenvalue weighted by molar-refractivity contribution is -0.143. The molecule has 1 fully saturated rings. The van der Waals surface area contributed by atoms with Gasteiger partial charge in [0.2, 0.25) is 11.8 Å². The van der Waals surface area contributed by atoms with E-state index in [1.807, 2.05) is 0 Å². The molecule has 0 heterocycles. The first kappa shape index (κ1) is 16.8. The van der Waals surface area contributed by atoms with E-state index in [0.29, 0.717) is 19.3 Å². The highest BCUT2D eigenvalue weighted by Crippen LogP contribution is 2.30. The van der Waals surface area contributed by atoms with Crippen LogP contribution in [0.2, 0.25) is 0 Å². The Hall–Kier alpha value is -1.24. The first-order valence-electron chi connectivity index (χ1n) is 6.86. The Kier molecular flexibility index (Phi) is 5.86. The summed E-state index contributed by atoms with van der Waals surface area (Å²) in [7, 11) is 0. The molecule has 2 atom stereocenters. The maximum Gasteiger partial charge on any atom is 0.326 e. The van der Waals surface area contributed by atoms with E-state index in [2.05, 4.69) is 23.3 Å². The minimum Gasteiger partial charge on any atom is -0.480 e. The van der Waals surface area contributed by atoms with Crippen molar-refractivity contribution in [3.8, 4) is 0 Å². The molecule has 0 unspecified atom stereocenters. The zero-order chi connectivity index (χ0) is 15.3. The van der Waals surface area contributed by atoms with Crippen LogP contribution in [0, 0.1) is 0 Å². The number of thiol groups is 1. The van der Waals surface area contributed by atoms with Crippen LogP contribution in [-0.4, -0.2) is 39.7 Å². The highest BCUT2D eigenvalue weighted by molar-refractivity contribution is 7.81. The van der Waals surface area contributed by atoms with Crippen LogP contribution >= 0.6 is 12.6 Å². The van der Waals surface area contributed by atoms with Gasteiger partial charge in [-0.05, 0) is 26.2 Å². The van der Waals surface area contributed by atoms with Crippen LogP contribution in [0.5, 0.6) is 0 Å². The lowest BCUT2D eigenvalue weighted by Gasteiger charge is -2.31. The highest BCUT2D eigenvalue weighted by Gasteiger charge is 2.43. The molecule has 1 rings (SSSR count). The van der Waals surface area contributed by atoms with E-state index in [0.717, 1.165) is 12.8 Å². The van der Waals surface area contributed by atoms with Crippen molar-refractivity contribution in [1.29, 1.82) is 0 Å². The van der Waals surface area contributed by atoms with Crippen LogP contribution in [-0.2, 0) is 14.4 Å². The topological polar surface area (TPSA) is 95.5 Å². The highest BCUT2D eigenvalue weighted by atomic mass is 32.1. The second kappa shape index (κ2) is 6.97. The monoisotopic (exact) mass is 302 g/mol. The first-order chi connectivity index (χ1) is 9.32. The fourth-order valence-electron chi connectivity index (χ4n) is 2.36. The maximum atomic E-state index is 12.4. The number of hydrogen-bond acceptors (Lipinski definition) is 4. The van der Waals surface area contributed by atoms with E-state index in [4.69, 9.17) is 5.11 Å². The van der Waals surface area contributed by atoms with Crippen molar-refractivity contribution >= 4 is 30.4 Å². The molecule has 0 aromatic carbocycles. The molecule has 0 radical (unpaired) electrons. The molecule has 0 aromatic heterocycles. The Morgan fingerprint density at radius 1 is 1.30 bits per heavy atom. The largest absolute Gasteiger partial charge is 0.480 e. The van der Waals surface area contributed by atoms with Gasteiger partial charge in [-0.15, -0.1) is 0 Å². The molecule has 1 aliphatic carbocycles. The van der Waals surface area contributed by atoms with Gasteiger partial charge >= 0.3 is 5.97 Å². The zero-order valence-corrected chi connectivity index (χ0v) is 12.7. The van der Waals surface area contributed by atoms with E-state index in [9.17, 15) is 14.4 Å². The maximum absolute atomic E-state index is 12.4. The summed E-state index contributed by atoms with van der Waals surface area (Å²) in [5, 5.41) is 13.7. The van der Waals surface area contributed by atoms with E-state index in [-0.39, 0.29) is 5.91 Å². The fourth-order valence-corrected chi connectivity index (χ4v) is 2.43. The van der Waals surface area contributed by atoms with Gasteiger partial charge in [0.1, 0.15) is 11.6 Å². The normalized spacial score (nSPS) is 19.9. The summed E-state index contributed by atoms with van der Waals surface area (Å²) in [5.74, 6) is -1.79. The molecular weight excluding hydrogens is 280 g/mol. The molecule has 0 aromatic rings.